The molecule has 2 aromatic rings. The minimum absolute atomic E-state index is 0.239. The normalized spacial score (nSPS) is 16.4. The largest absolute Gasteiger partial charge is 0.479 e. The molecule has 0 unspecified atom stereocenters. The number of urea groups is 1. The third-order valence-corrected chi connectivity index (χ3v) is 5.43. The Hall–Kier alpha value is -3.81. The van der Waals surface area contributed by atoms with Gasteiger partial charge in [-0.25, -0.2) is 9.59 Å². The van der Waals surface area contributed by atoms with Crippen molar-refractivity contribution in [2.45, 2.75) is 46.8 Å². The van der Waals surface area contributed by atoms with E-state index in [1.54, 1.807) is 45.0 Å². The van der Waals surface area contributed by atoms with E-state index in [0.29, 0.717) is 28.3 Å². The first-order chi connectivity index (χ1) is 15.7. The van der Waals surface area contributed by atoms with Gasteiger partial charge in [-0.15, -0.1) is 0 Å². The maximum absolute atomic E-state index is 13.3. The molecule has 3 N–H and O–H groups in total. The van der Waals surface area contributed by atoms with Crippen LogP contribution in [0.3, 0.4) is 0 Å². The molecule has 2 aromatic carbocycles. The molecule has 0 aliphatic carbocycles. The Morgan fingerprint density at radius 1 is 1.09 bits per heavy atom. The van der Waals surface area contributed by atoms with Crippen molar-refractivity contribution in [3.8, 4) is 5.75 Å². The fourth-order valence-electron chi connectivity index (χ4n) is 3.57. The van der Waals surface area contributed by atoms with Gasteiger partial charge in [-0.05, 0) is 63.9 Å². The van der Waals surface area contributed by atoms with E-state index < -0.39 is 24.1 Å². The number of benzene rings is 2. The summed E-state index contributed by atoms with van der Waals surface area (Å²) in [7, 11) is 0. The van der Waals surface area contributed by atoms with Crippen LogP contribution in [0.5, 0.6) is 5.75 Å². The van der Waals surface area contributed by atoms with Gasteiger partial charge in [0.25, 0.3) is 5.91 Å². The Morgan fingerprint density at radius 3 is 2.52 bits per heavy atom. The molecular weight excluding hydrogens is 422 g/mol. The van der Waals surface area contributed by atoms with Gasteiger partial charge in [-0.3, -0.25) is 4.79 Å². The Morgan fingerprint density at radius 2 is 1.82 bits per heavy atom. The van der Waals surface area contributed by atoms with Crippen molar-refractivity contribution >= 4 is 23.6 Å². The SMILES string of the molecule is CCOC(=O)[C@H](C)Oc1ccccc1[C@@H]1NC(=O)NC(C)=C1C(=O)Nc1ccc(C)c(C)c1. The first-order valence-electron chi connectivity index (χ1n) is 10.8. The van der Waals surface area contributed by atoms with Gasteiger partial charge in [-0.1, -0.05) is 24.3 Å². The predicted molar refractivity (Wildman–Crippen MR) is 125 cm³/mol. The minimum Gasteiger partial charge on any atom is -0.479 e. The second-order valence-electron chi connectivity index (χ2n) is 7.87. The van der Waals surface area contributed by atoms with Crippen LogP contribution in [0.2, 0.25) is 0 Å². The lowest BCUT2D eigenvalue weighted by molar-refractivity contribution is -0.150. The molecule has 2 atom stereocenters. The molecule has 0 bridgehead atoms. The maximum atomic E-state index is 13.3. The fourth-order valence-corrected chi connectivity index (χ4v) is 3.57. The Labute approximate surface area is 193 Å². The number of nitrogens with one attached hydrogen (secondary N) is 3. The molecule has 0 spiro atoms. The summed E-state index contributed by atoms with van der Waals surface area (Å²) in [5.41, 5.74) is 4.14. The number of hydrogen-bond donors (Lipinski definition) is 3. The number of para-hydroxylation sites is 1. The van der Waals surface area contributed by atoms with Gasteiger partial charge >= 0.3 is 12.0 Å². The zero-order valence-electron chi connectivity index (χ0n) is 19.4. The number of esters is 1. The second-order valence-corrected chi connectivity index (χ2v) is 7.87. The number of amides is 3. The van der Waals surface area contributed by atoms with Crippen molar-refractivity contribution in [3.05, 3.63) is 70.4 Å². The Balaban J connectivity index is 1.94. The number of aryl methyl sites for hydroxylation is 2. The summed E-state index contributed by atoms with van der Waals surface area (Å²) in [5, 5.41) is 8.39. The Bertz CT molecular complexity index is 1110. The third kappa shape index (κ3) is 5.52. The van der Waals surface area contributed by atoms with Crippen LogP contribution in [-0.4, -0.2) is 30.6 Å². The summed E-state index contributed by atoms with van der Waals surface area (Å²) in [6.07, 6.45) is -0.860. The first kappa shape index (κ1) is 23.8. The van der Waals surface area contributed by atoms with Crippen LogP contribution in [0.25, 0.3) is 0 Å². The van der Waals surface area contributed by atoms with Crippen molar-refractivity contribution in [3.63, 3.8) is 0 Å². The quantitative estimate of drug-likeness (QED) is 0.554. The first-order valence-corrected chi connectivity index (χ1v) is 10.8. The summed E-state index contributed by atoms with van der Waals surface area (Å²) in [6.45, 7) is 9.19. The van der Waals surface area contributed by atoms with Gasteiger partial charge in [0.2, 0.25) is 0 Å². The molecule has 3 amide bonds. The molecular formula is C25H29N3O5. The standard InChI is InChI=1S/C25H29N3O5/c1-6-32-24(30)17(5)33-20-10-8-7-9-19(20)22-21(16(4)26-25(31)28-22)23(29)27-18-12-11-14(2)15(3)13-18/h7-13,17,22H,6H2,1-5H3,(H,27,29)(H2,26,28,31)/t17-,22-/m0/s1. The van der Waals surface area contributed by atoms with Crippen LogP contribution >= 0.6 is 0 Å². The lowest BCUT2D eigenvalue weighted by Gasteiger charge is -2.30. The number of anilines is 1. The lowest BCUT2D eigenvalue weighted by Crippen LogP contribution is -2.46. The van der Waals surface area contributed by atoms with E-state index in [-0.39, 0.29) is 12.5 Å². The van der Waals surface area contributed by atoms with Crippen LogP contribution in [0.4, 0.5) is 10.5 Å². The molecule has 0 radical (unpaired) electrons. The van der Waals surface area contributed by atoms with E-state index in [2.05, 4.69) is 16.0 Å². The average molecular weight is 452 g/mol. The predicted octanol–water partition coefficient (Wildman–Crippen LogP) is 3.90. The number of ether oxygens (including phenoxy) is 2. The van der Waals surface area contributed by atoms with Gasteiger partial charge in [0, 0.05) is 16.9 Å². The lowest BCUT2D eigenvalue weighted by atomic mass is 9.94. The molecule has 8 heteroatoms. The van der Waals surface area contributed by atoms with Crippen molar-refractivity contribution in [2.75, 3.05) is 11.9 Å². The summed E-state index contributed by atoms with van der Waals surface area (Å²) in [5.74, 6) is -0.489. The monoisotopic (exact) mass is 451 g/mol. The van der Waals surface area contributed by atoms with E-state index in [1.165, 1.54) is 0 Å². The average Bonchev–Trinajstić information content (AvgIpc) is 2.76. The summed E-state index contributed by atoms with van der Waals surface area (Å²) >= 11 is 0. The molecule has 33 heavy (non-hydrogen) atoms. The zero-order chi connectivity index (χ0) is 24.1. The molecule has 1 heterocycles. The molecule has 0 saturated carbocycles. The van der Waals surface area contributed by atoms with E-state index >= 15 is 0 Å². The summed E-state index contributed by atoms with van der Waals surface area (Å²) in [6, 6.07) is 11.4. The van der Waals surface area contributed by atoms with Crippen molar-refractivity contribution in [1.29, 1.82) is 0 Å². The topological polar surface area (TPSA) is 106 Å². The molecule has 0 fully saturated rings. The van der Waals surface area contributed by atoms with E-state index in [9.17, 15) is 14.4 Å². The smallest absolute Gasteiger partial charge is 0.347 e. The van der Waals surface area contributed by atoms with Gasteiger partial charge < -0.3 is 25.4 Å². The second kappa shape index (κ2) is 10.2. The fraction of sp³-hybridized carbons (Fsp3) is 0.320. The van der Waals surface area contributed by atoms with E-state index in [1.807, 2.05) is 32.0 Å². The molecule has 3 rings (SSSR count). The highest BCUT2D eigenvalue weighted by Crippen LogP contribution is 2.34. The highest BCUT2D eigenvalue weighted by molar-refractivity contribution is 6.07. The van der Waals surface area contributed by atoms with E-state index in [0.717, 1.165) is 11.1 Å². The molecule has 8 nitrogen and oxygen atoms in total. The maximum Gasteiger partial charge on any atom is 0.347 e. The van der Waals surface area contributed by atoms with Crippen LogP contribution in [-0.2, 0) is 14.3 Å². The molecule has 1 aliphatic rings. The van der Waals surface area contributed by atoms with Crippen molar-refractivity contribution in [1.82, 2.24) is 10.6 Å². The molecule has 0 aromatic heterocycles. The van der Waals surface area contributed by atoms with Gasteiger partial charge in [0.05, 0.1) is 18.2 Å². The van der Waals surface area contributed by atoms with Gasteiger partial charge in [0.15, 0.2) is 6.10 Å². The number of allylic oxidation sites excluding steroid dienone is 1. The van der Waals surface area contributed by atoms with Crippen LogP contribution in [0.15, 0.2) is 53.7 Å². The van der Waals surface area contributed by atoms with Crippen LogP contribution < -0.4 is 20.7 Å². The zero-order valence-corrected chi connectivity index (χ0v) is 19.4. The minimum atomic E-state index is -0.860. The molecule has 0 saturated heterocycles. The Kier molecular flexibility index (Phi) is 7.37. The van der Waals surface area contributed by atoms with Crippen molar-refractivity contribution < 1.29 is 23.9 Å². The highest BCUT2D eigenvalue weighted by Gasteiger charge is 2.33. The number of carbonyl (C=O) groups excluding carboxylic acids is 3. The molecule has 1 aliphatic heterocycles. The number of hydrogen-bond acceptors (Lipinski definition) is 5. The van der Waals surface area contributed by atoms with E-state index in [4.69, 9.17) is 9.47 Å². The number of rotatable bonds is 7. The summed E-state index contributed by atoms with van der Waals surface area (Å²) in [4.78, 5) is 37.7. The number of carbonyl (C=O) groups is 3. The van der Waals surface area contributed by atoms with Crippen LogP contribution in [0, 0.1) is 13.8 Å². The third-order valence-electron chi connectivity index (χ3n) is 5.43. The molecule has 174 valence electrons. The van der Waals surface area contributed by atoms with Crippen LogP contribution in [0.1, 0.15) is 43.5 Å². The summed E-state index contributed by atoms with van der Waals surface area (Å²) < 4.78 is 10.9. The highest BCUT2D eigenvalue weighted by atomic mass is 16.6. The van der Waals surface area contributed by atoms with Crippen molar-refractivity contribution in [2.24, 2.45) is 0 Å². The van der Waals surface area contributed by atoms with Gasteiger partial charge in [0.1, 0.15) is 5.75 Å². The van der Waals surface area contributed by atoms with Gasteiger partial charge in [-0.2, -0.15) is 0 Å².